The summed E-state index contributed by atoms with van der Waals surface area (Å²) in [6.07, 6.45) is 16.8. The van der Waals surface area contributed by atoms with Gasteiger partial charge in [0, 0.05) is 0 Å². The summed E-state index contributed by atoms with van der Waals surface area (Å²) >= 11 is 0. The molecule has 0 saturated heterocycles. The Hall–Kier alpha value is -2.94. The number of nitrogens with one attached hydrogen (secondary N) is 1. The minimum atomic E-state index is -3.61. The van der Waals surface area contributed by atoms with Gasteiger partial charge in [-0.05, 0) is 51.9 Å². The van der Waals surface area contributed by atoms with Crippen molar-refractivity contribution in [1.82, 2.24) is 5.32 Å². The minimum absolute atomic E-state index is 0.225. The molecule has 0 heterocycles. The number of carboxylic acids is 4. The number of carboxylic acid groups (broad SMARTS) is 4. The van der Waals surface area contributed by atoms with Crippen molar-refractivity contribution in [2.45, 2.75) is 85.0 Å². The molecular weight excluding hydrogens is 454 g/mol. The Labute approximate surface area is 208 Å². The van der Waals surface area contributed by atoms with Crippen LogP contribution in [0.5, 0.6) is 0 Å². The van der Waals surface area contributed by atoms with Gasteiger partial charge >= 0.3 is 23.9 Å². The number of carbonyl (C=O) groups is 4. The highest BCUT2D eigenvalue weighted by atomic mass is 16.4. The van der Waals surface area contributed by atoms with Crippen LogP contribution < -0.4 is 5.32 Å². The highest BCUT2D eigenvalue weighted by Crippen LogP contribution is 2.34. The highest BCUT2D eigenvalue weighted by Gasteiger charge is 2.60. The fraction of sp³-hybridized carbons (Fsp3) is 0.615. The number of aliphatic carboxylic acids is 4. The minimum Gasteiger partial charge on any atom is -0.480 e. The van der Waals surface area contributed by atoms with Crippen LogP contribution in [0.2, 0.25) is 0 Å². The van der Waals surface area contributed by atoms with Gasteiger partial charge < -0.3 is 25.7 Å². The second-order valence-electron chi connectivity index (χ2n) is 8.37. The Kier molecular flexibility index (Phi) is 18.9. The van der Waals surface area contributed by atoms with Gasteiger partial charge in [-0.3, -0.25) is 0 Å². The average Bonchev–Trinajstić information content (AvgIpc) is 2.76. The van der Waals surface area contributed by atoms with Crippen LogP contribution in [0.15, 0.2) is 34.9 Å². The van der Waals surface area contributed by atoms with Crippen molar-refractivity contribution < 1.29 is 39.6 Å². The summed E-state index contributed by atoms with van der Waals surface area (Å²) in [4.78, 5) is 46.4. The number of unbranched alkanes of at least 4 members (excludes halogenated alkanes) is 9. The Morgan fingerprint density at radius 2 is 1.14 bits per heavy atom. The third-order valence-corrected chi connectivity index (χ3v) is 5.47. The molecule has 35 heavy (non-hydrogen) atoms. The van der Waals surface area contributed by atoms with Crippen LogP contribution >= 0.6 is 0 Å². The van der Waals surface area contributed by atoms with Crippen LogP contribution in [0.1, 0.15) is 85.0 Å². The van der Waals surface area contributed by atoms with Gasteiger partial charge in [-0.2, -0.15) is 0 Å². The van der Waals surface area contributed by atoms with Gasteiger partial charge in [-0.15, -0.1) is 0 Å². The zero-order valence-electron chi connectivity index (χ0n) is 21.7. The molecule has 9 heteroatoms. The number of rotatable bonds is 17. The first-order valence-corrected chi connectivity index (χ1v) is 12.0. The molecule has 0 aromatic heterocycles. The highest BCUT2D eigenvalue weighted by molar-refractivity contribution is 6.24. The second kappa shape index (κ2) is 19.4. The standard InChI is InChI=1S/C24H36O8.C2H7N/c1-4-5-6-7-8-9-10-11-12-13-14-15-16-17(2)18(3)19(20(25)26)24(21(27)28,22(29)30)23(31)32;1-3-2/h14-16H,4-13H2,1-3H3,(H,25,26)(H,27,28)(H,29,30)(H,31,32);3H,1-2H3. The van der Waals surface area contributed by atoms with Crippen molar-refractivity contribution in [3.8, 4) is 0 Å². The lowest BCUT2D eigenvalue weighted by Gasteiger charge is -2.23. The summed E-state index contributed by atoms with van der Waals surface area (Å²) in [5.41, 5.74) is -4.77. The molecule has 0 aliphatic rings. The Bertz CT molecular complexity index is 744. The zero-order chi connectivity index (χ0) is 27.4. The van der Waals surface area contributed by atoms with Gasteiger partial charge in [0.1, 0.15) is 0 Å². The molecule has 0 aromatic carbocycles. The van der Waals surface area contributed by atoms with E-state index < -0.39 is 34.9 Å². The molecule has 0 aromatic rings. The Morgan fingerprint density at radius 3 is 1.51 bits per heavy atom. The van der Waals surface area contributed by atoms with E-state index >= 15 is 0 Å². The zero-order valence-corrected chi connectivity index (χ0v) is 21.7. The fourth-order valence-corrected chi connectivity index (χ4v) is 3.40. The maximum atomic E-state index is 11.7. The molecule has 0 saturated carbocycles. The van der Waals surface area contributed by atoms with E-state index in [-0.39, 0.29) is 11.1 Å². The molecule has 200 valence electrons. The summed E-state index contributed by atoms with van der Waals surface area (Å²) in [5.74, 6) is -8.74. The Morgan fingerprint density at radius 1 is 0.743 bits per heavy atom. The van der Waals surface area contributed by atoms with Gasteiger partial charge in [0.25, 0.3) is 5.41 Å². The molecule has 0 fully saturated rings. The third kappa shape index (κ3) is 11.8. The van der Waals surface area contributed by atoms with Gasteiger partial charge in [0.15, 0.2) is 0 Å². The topological polar surface area (TPSA) is 161 Å². The molecule has 0 aliphatic heterocycles. The lowest BCUT2D eigenvalue weighted by atomic mass is 9.76. The van der Waals surface area contributed by atoms with Crippen LogP contribution in [0.4, 0.5) is 0 Å². The van der Waals surface area contributed by atoms with E-state index in [9.17, 15) is 39.6 Å². The lowest BCUT2D eigenvalue weighted by Crippen LogP contribution is -2.50. The SMILES string of the molecule is CCCCCCCCCCCC=CC=C(C)C(C)=C(C(=O)O)C(C(=O)O)(C(=O)O)C(=O)O.CNC. The van der Waals surface area contributed by atoms with Crippen molar-refractivity contribution in [3.63, 3.8) is 0 Å². The van der Waals surface area contributed by atoms with Crippen LogP contribution in [0.25, 0.3) is 0 Å². The quantitative estimate of drug-likeness (QED) is 0.0815. The normalized spacial score (nSPS) is 12.5. The van der Waals surface area contributed by atoms with Gasteiger partial charge in [-0.1, -0.05) is 76.5 Å². The van der Waals surface area contributed by atoms with Crippen molar-refractivity contribution >= 4 is 23.9 Å². The summed E-state index contributed by atoms with van der Waals surface area (Å²) < 4.78 is 0. The van der Waals surface area contributed by atoms with Crippen molar-refractivity contribution in [3.05, 3.63) is 34.9 Å². The lowest BCUT2D eigenvalue weighted by molar-refractivity contribution is -0.174. The molecule has 0 spiro atoms. The van der Waals surface area contributed by atoms with Gasteiger partial charge in [-0.25, -0.2) is 19.2 Å². The second-order valence-corrected chi connectivity index (χ2v) is 8.37. The van der Waals surface area contributed by atoms with E-state index in [0.29, 0.717) is 0 Å². The Balaban J connectivity index is 0. The molecule has 0 radical (unpaired) electrons. The first-order valence-electron chi connectivity index (χ1n) is 12.0. The maximum absolute atomic E-state index is 11.7. The molecular formula is C26H43NO8. The first kappa shape index (κ1) is 34.2. The molecule has 0 atom stereocenters. The number of hydrogen-bond acceptors (Lipinski definition) is 5. The van der Waals surface area contributed by atoms with Crippen molar-refractivity contribution in [2.24, 2.45) is 5.41 Å². The van der Waals surface area contributed by atoms with E-state index in [2.05, 4.69) is 12.2 Å². The maximum Gasteiger partial charge on any atom is 0.337 e. The largest absolute Gasteiger partial charge is 0.480 e. The number of allylic oxidation sites excluding steroid dienone is 5. The molecule has 0 amide bonds. The van der Waals surface area contributed by atoms with E-state index in [1.807, 2.05) is 20.2 Å². The average molecular weight is 498 g/mol. The molecule has 0 bridgehead atoms. The van der Waals surface area contributed by atoms with Crippen LogP contribution in [-0.2, 0) is 19.2 Å². The van der Waals surface area contributed by atoms with Crippen LogP contribution in [-0.4, -0.2) is 58.4 Å². The molecule has 0 rings (SSSR count). The van der Waals surface area contributed by atoms with E-state index in [1.54, 1.807) is 6.08 Å². The van der Waals surface area contributed by atoms with Gasteiger partial charge in [0.05, 0.1) is 5.57 Å². The van der Waals surface area contributed by atoms with E-state index in [1.165, 1.54) is 64.9 Å². The summed E-state index contributed by atoms with van der Waals surface area (Å²) in [5, 5.41) is 40.1. The van der Waals surface area contributed by atoms with Crippen LogP contribution in [0, 0.1) is 5.41 Å². The smallest absolute Gasteiger partial charge is 0.337 e. The van der Waals surface area contributed by atoms with E-state index in [0.717, 1.165) is 19.3 Å². The van der Waals surface area contributed by atoms with Crippen molar-refractivity contribution in [2.75, 3.05) is 14.1 Å². The summed E-state index contributed by atoms with van der Waals surface area (Å²) in [7, 11) is 3.75. The molecule has 5 N–H and O–H groups in total. The summed E-state index contributed by atoms with van der Waals surface area (Å²) in [6, 6.07) is 0. The van der Waals surface area contributed by atoms with Gasteiger partial charge in [0.2, 0.25) is 0 Å². The first-order chi connectivity index (χ1) is 16.5. The monoisotopic (exact) mass is 497 g/mol. The van der Waals surface area contributed by atoms with E-state index in [4.69, 9.17) is 0 Å². The predicted octanol–water partition coefficient (Wildman–Crippen LogP) is 4.89. The summed E-state index contributed by atoms with van der Waals surface area (Å²) in [6.45, 7) is 4.87. The predicted molar refractivity (Wildman–Crippen MR) is 135 cm³/mol. The molecule has 0 aliphatic carbocycles. The number of hydrogen-bond donors (Lipinski definition) is 5. The molecule has 0 unspecified atom stereocenters. The van der Waals surface area contributed by atoms with Crippen LogP contribution in [0.3, 0.4) is 0 Å². The molecule has 9 nitrogen and oxygen atoms in total. The van der Waals surface area contributed by atoms with Crippen molar-refractivity contribution in [1.29, 1.82) is 0 Å². The third-order valence-electron chi connectivity index (χ3n) is 5.47. The fourth-order valence-electron chi connectivity index (χ4n) is 3.40.